The van der Waals surface area contributed by atoms with E-state index in [1.807, 2.05) is 0 Å². The van der Waals surface area contributed by atoms with Crippen LogP contribution in [0.2, 0.25) is 0 Å². The summed E-state index contributed by atoms with van der Waals surface area (Å²) >= 11 is 0. The fourth-order valence-electron chi connectivity index (χ4n) is 2.05. The van der Waals surface area contributed by atoms with Crippen molar-refractivity contribution in [2.24, 2.45) is 12.5 Å². The summed E-state index contributed by atoms with van der Waals surface area (Å²) in [6.07, 6.45) is 2.31. The average Bonchev–Trinajstić information content (AvgIpc) is 2.43. The van der Waals surface area contributed by atoms with Gasteiger partial charge in [0, 0.05) is 28.5 Å². The summed E-state index contributed by atoms with van der Waals surface area (Å²) in [7, 11) is 2.08. The highest BCUT2D eigenvalue weighted by molar-refractivity contribution is 5.84. The largest absolute Gasteiger partial charge is 0.344 e. The second-order valence-electron chi connectivity index (χ2n) is 5.45. The molecule has 84 valence electrons. The number of benzene rings is 1. The van der Waals surface area contributed by atoms with Gasteiger partial charge < -0.3 is 4.57 Å². The second-order valence-corrected chi connectivity index (χ2v) is 5.45. The molecule has 0 saturated carbocycles. The molecule has 0 fully saturated rings. The van der Waals surface area contributed by atoms with Crippen LogP contribution in [0.25, 0.3) is 23.4 Å². The van der Waals surface area contributed by atoms with Crippen molar-refractivity contribution in [2.45, 2.75) is 20.8 Å². The molecule has 0 aliphatic heterocycles. The average molecular weight is 213 g/mol. The Morgan fingerprint density at radius 3 is 2.25 bits per heavy atom. The van der Waals surface area contributed by atoms with Gasteiger partial charge in [0.25, 0.3) is 0 Å². The van der Waals surface area contributed by atoms with Gasteiger partial charge in [0.1, 0.15) is 0 Å². The Morgan fingerprint density at radius 2 is 1.69 bits per heavy atom. The molecule has 0 unspecified atom stereocenters. The summed E-state index contributed by atoms with van der Waals surface area (Å²) in [6, 6.07) is 8.46. The highest BCUT2D eigenvalue weighted by Gasteiger charge is 2.08. The summed E-state index contributed by atoms with van der Waals surface area (Å²) in [4.78, 5) is 0. The van der Waals surface area contributed by atoms with Crippen LogP contribution in [0.15, 0.2) is 24.3 Å². The third-order valence-electron chi connectivity index (χ3n) is 2.85. The number of aromatic nitrogens is 1. The Bertz CT molecular complexity index is 624. The van der Waals surface area contributed by atoms with Crippen molar-refractivity contribution in [3.05, 3.63) is 35.0 Å². The molecular formula is C15H19N. The van der Waals surface area contributed by atoms with Crippen molar-refractivity contribution in [3.8, 4) is 0 Å². The maximum absolute atomic E-state index is 4.14. The molecular weight excluding hydrogens is 194 g/mol. The molecule has 0 spiro atoms. The minimum Gasteiger partial charge on any atom is -0.344 e. The van der Waals surface area contributed by atoms with Crippen LogP contribution in [0.4, 0.5) is 0 Å². The number of hydrogen-bond acceptors (Lipinski definition) is 0. The van der Waals surface area contributed by atoms with Crippen molar-refractivity contribution < 1.29 is 0 Å². The van der Waals surface area contributed by atoms with Crippen LogP contribution in [-0.2, 0) is 7.05 Å². The first kappa shape index (κ1) is 11.0. The molecule has 1 aromatic carbocycles. The molecule has 0 radical (unpaired) electrons. The van der Waals surface area contributed by atoms with Gasteiger partial charge in [-0.1, -0.05) is 57.7 Å². The lowest BCUT2D eigenvalue weighted by molar-refractivity contribution is 0.581. The molecule has 2 rings (SSSR count). The molecule has 16 heavy (non-hydrogen) atoms. The molecule has 1 aromatic heterocycles. The number of nitrogens with zero attached hydrogens (tertiary/aromatic N) is 1. The van der Waals surface area contributed by atoms with Gasteiger partial charge in [-0.2, -0.15) is 0 Å². The molecule has 2 aromatic rings. The zero-order chi connectivity index (χ0) is 11.9. The lowest BCUT2D eigenvalue weighted by atomic mass is 9.96. The van der Waals surface area contributed by atoms with Gasteiger partial charge in [-0.15, -0.1) is 0 Å². The normalized spacial score (nSPS) is 13.6. The van der Waals surface area contributed by atoms with E-state index in [4.69, 9.17) is 0 Å². The monoisotopic (exact) mass is 213 g/mol. The van der Waals surface area contributed by atoms with Gasteiger partial charge in [-0.05, 0) is 5.41 Å². The van der Waals surface area contributed by atoms with Crippen LogP contribution in [0.1, 0.15) is 20.8 Å². The van der Waals surface area contributed by atoms with E-state index >= 15 is 0 Å². The van der Waals surface area contributed by atoms with Crippen LogP contribution in [0.3, 0.4) is 0 Å². The maximum atomic E-state index is 4.14. The van der Waals surface area contributed by atoms with Gasteiger partial charge in [0.2, 0.25) is 0 Å². The number of rotatable bonds is 0. The summed E-state index contributed by atoms with van der Waals surface area (Å²) < 4.78 is 2.18. The topological polar surface area (TPSA) is 4.93 Å². The summed E-state index contributed by atoms with van der Waals surface area (Å²) in [5.41, 5.74) is 0.182. The molecule has 1 heterocycles. The van der Waals surface area contributed by atoms with Crippen LogP contribution < -0.4 is 10.7 Å². The molecule has 0 aliphatic rings. The molecule has 1 heteroatoms. The fraction of sp³-hybridized carbons (Fsp3) is 0.333. The van der Waals surface area contributed by atoms with Crippen molar-refractivity contribution in [1.29, 1.82) is 0 Å². The lowest BCUT2D eigenvalue weighted by Crippen LogP contribution is -2.24. The van der Waals surface area contributed by atoms with Gasteiger partial charge in [0.15, 0.2) is 0 Å². The molecule has 0 aliphatic carbocycles. The van der Waals surface area contributed by atoms with Gasteiger partial charge in [0.05, 0.1) is 0 Å². The Kier molecular flexibility index (Phi) is 2.42. The van der Waals surface area contributed by atoms with E-state index in [0.29, 0.717) is 0 Å². The fourth-order valence-corrected chi connectivity index (χ4v) is 2.05. The Morgan fingerprint density at radius 1 is 1.12 bits per heavy atom. The standard InChI is InChI=1S/C15H19N/c1-11-12-8-6-7-9-13(12)14(16(11)5)10-15(2,3)4/h6-10H,1H2,2-5H3/b14-10-. The van der Waals surface area contributed by atoms with Crippen molar-refractivity contribution in [2.75, 3.05) is 0 Å². The predicted octanol–water partition coefficient (Wildman–Crippen LogP) is 2.42. The summed E-state index contributed by atoms with van der Waals surface area (Å²) in [5.74, 6) is 0. The number of fused-ring (bicyclic) bond motifs is 1. The van der Waals surface area contributed by atoms with Crippen LogP contribution >= 0.6 is 0 Å². The van der Waals surface area contributed by atoms with E-state index in [9.17, 15) is 0 Å². The predicted molar refractivity (Wildman–Crippen MR) is 71.6 cm³/mol. The smallest absolute Gasteiger partial charge is 0.0453 e. The third kappa shape index (κ3) is 1.78. The van der Waals surface area contributed by atoms with E-state index in [1.165, 1.54) is 16.1 Å². The summed E-state index contributed by atoms with van der Waals surface area (Å²) in [6.45, 7) is 10.8. The lowest BCUT2D eigenvalue weighted by Gasteiger charge is -2.11. The van der Waals surface area contributed by atoms with Crippen LogP contribution in [0, 0.1) is 5.41 Å². The Labute approximate surface area is 96.7 Å². The highest BCUT2D eigenvalue weighted by Crippen LogP contribution is 2.15. The van der Waals surface area contributed by atoms with E-state index < -0.39 is 0 Å². The van der Waals surface area contributed by atoms with Crippen molar-refractivity contribution in [1.82, 2.24) is 4.57 Å². The zero-order valence-electron chi connectivity index (χ0n) is 10.5. The van der Waals surface area contributed by atoms with E-state index in [-0.39, 0.29) is 5.41 Å². The van der Waals surface area contributed by atoms with Crippen molar-refractivity contribution >= 4 is 23.4 Å². The van der Waals surface area contributed by atoms with E-state index in [0.717, 1.165) is 5.35 Å². The quantitative estimate of drug-likeness (QED) is 0.633. The molecule has 1 nitrogen and oxygen atoms in total. The molecule has 0 N–H and O–H groups in total. The molecule has 0 amide bonds. The van der Waals surface area contributed by atoms with Crippen molar-refractivity contribution in [3.63, 3.8) is 0 Å². The van der Waals surface area contributed by atoms with Crippen LogP contribution in [-0.4, -0.2) is 4.57 Å². The first-order chi connectivity index (χ1) is 7.40. The zero-order valence-corrected chi connectivity index (χ0v) is 10.5. The SMILES string of the molecule is C=c1c2ccccc2/c(=C/C(C)(C)C)n1C. The molecule has 0 atom stereocenters. The third-order valence-corrected chi connectivity index (χ3v) is 2.85. The molecule has 0 saturated heterocycles. The second kappa shape index (κ2) is 3.51. The summed E-state index contributed by atoms with van der Waals surface area (Å²) in [5, 5.41) is 4.91. The minimum absolute atomic E-state index is 0.182. The Hall–Kier alpha value is -1.50. The van der Waals surface area contributed by atoms with Gasteiger partial charge in [-0.25, -0.2) is 0 Å². The minimum atomic E-state index is 0.182. The first-order valence-electron chi connectivity index (χ1n) is 5.65. The first-order valence-corrected chi connectivity index (χ1v) is 5.65. The van der Waals surface area contributed by atoms with Gasteiger partial charge in [-0.3, -0.25) is 0 Å². The van der Waals surface area contributed by atoms with E-state index in [1.54, 1.807) is 0 Å². The highest BCUT2D eigenvalue weighted by atomic mass is 14.9. The van der Waals surface area contributed by atoms with Gasteiger partial charge >= 0.3 is 0 Å². The number of hydrogen-bond donors (Lipinski definition) is 0. The Balaban J connectivity index is 2.96. The van der Waals surface area contributed by atoms with Crippen LogP contribution in [0.5, 0.6) is 0 Å². The molecule has 0 bridgehead atoms. The maximum Gasteiger partial charge on any atom is 0.0453 e. The van der Waals surface area contributed by atoms with E-state index in [2.05, 4.69) is 69.3 Å².